The molecular formula is C3H8NO4S. The summed E-state index contributed by atoms with van der Waals surface area (Å²) in [7, 11) is -4.28. The zero-order valence-corrected chi connectivity index (χ0v) is 5.52. The van der Waals surface area contributed by atoms with Crippen LogP contribution in [0, 0.1) is 0 Å². The molecule has 0 rings (SSSR count). The maximum absolute atomic E-state index is 9.78. The smallest absolute Gasteiger partial charge is 0.264 e. The van der Waals surface area contributed by atoms with Crippen LogP contribution in [0.15, 0.2) is 0 Å². The number of hydrogen-bond acceptors (Lipinski definition) is 3. The molecule has 0 aliphatic rings. The van der Waals surface area contributed by atoms with Crippen LogP contribution < -0.4 is 5.73 Å². The Kier molecular flexibility index (Phi) is 3.71. The van der Waals surface area contributed by atoms with Gasteiger partial charge in [0.2, 0.25) is 0 Å². The van der Waals surface area contributed by atoms with E-state index in [2.05, 4.69) is 4.18 Å². The normalized spacial score (nSPS) is 11.8. The van der Waals surface area contributed by atoms with E-state index in [0.717, 1.165) is 0 Å². The standard InChI is InChI=1S/C3H8NO4S/c4-2-1-3-8-9(5,6)7/h4H,1-3H2,(H,5,6,7). The van der Waals surface area contributed by atoms with Gasteiger partial charge in [-0.05, 0) is 6.42 Å². The SMILES string of the molecule is [NH]CCCOS(=O)(=O)O. The lowest BCUT2D eigenvalue weighted by atomic mass is 10.5. The first kappa shape index (κ1) is 8.83. The fourth-order valence-electron chi connectivity index (χ4n) is 0.236. The third-order valence-corrected chi connectivity index (χ3v) is 1.02. The Morgan fingerprint density at radius 1 is 1.56 bits per heavy atom. The van der Waals surface area contributed by atoms with E-state index >= 15 is 0 Å². The summed E-state index contributed by atoms with van der Waals surface area (Å²) < 4.78 is 31.4. The molecule has 0 saturated heterocycles. The summed E-state index contributed by atoms with van der Waals surface area (Å²) >= 11 is 0. The van der Waals surface area contributed by atoms with Gasteiger partial charge in [0.25, 0.3) is 0 Å². The summed E-state index contributed by atoms with van der Waals surface area (Å²) in [6, 6.07) is 0. The minimum absolute atomic E-state index is 0.0928. The first-order valence-corrected chi connectivity index (χ1v) is 3.69. The minimum atomic E-state index is -4.28. The molecule has 0 bridgehead atoms. The Balaban J connectivity index is 3.30. The van der Waals surface area contributed by atoms with Crippen molar-refractivity contribution in [3.8, 4) is 0 Å². The van der Waals surface area contributed by atoms with Gasteiger partial charge < -0.3 is 0 Å². The second-order valence-electron chi connectivity index (χ2n) is 1.35. The molecule has 1 radical (unpaired) electrons. The molecule has 0 aromatic heterocycles. The van der Waals surface area contributed by atoms with Gasteiger partial charge in [-0.1, -0.05) is 0 Å². The Morgan fingerprint density at radius 2 is 2.11 bits per heavy atom. The molecule has 2 N–H and O–H groups in total. The summed E-state index contributed by atoms with van der Waals surface area (Å²) in [5.74, 6) is 0. The summed E-state index contributed by atoms with van der Waals surface area (Å²) in [5, 5.41) is 0. The van der Waals surface area contributed by atoms with Gasteiger partial charge in [0.1, 0.15) is 0 Å². The maximum Gasteiger partial charge on any atom is 0.397 e. The van der Waals surface area contributed by atoms with Crippen LogP contribution in [0.1, 0.15) is 6.42 Å². The molecule has 55 valence electrons. The number of hydrogen-bond donors (Lipinski definition) is 1. The number of rotatable bonds is 4. The predicted octanol–water partition coefficient (Wildman–Crippen LogP) is -0.521. The lowest BCUT2D eigenvalue weighted by Gasteiger charge is -1.94. The molecular weight excluding hydrogens is 146 g/mol. The third-order valence-electron chi connectivity index (χ3n) is 0.553. The summed E-state index contributed by atoms with van der Waals surface area (Å²) in [6.07, 6.45) is 0.305. The first-order chi connectivity index (χ1) is 4.06. The average molecular weight is 154 g/mol. The lowest BCUT2D eigenvalue weighted by molar-refractivity contribution is 0.266. The van der Waals surface area contributed by atoms with Crippen molar-refractivity contribution in [2.45, 2.75) is 6.42 Å². The van der Waals surface area contributed by atoms with Crippen molar-refractivity contribution < 1.29 is 17.2 Å². The van der Waals surface area contributed by atoms with E-state index in [1.807, 2.05) is 0 Å². The molecule has 0 heterocycles. The van der Waals surface area contributed by atoms with E-state index < -0.39 is 10.4 Å². The highest BCUT2D eigenvalue weighted by Gasteiger charge is 2.01. The van der Waals surface area contributed by atoms with Crippen molar-refractivity contribution >= 4 is 10.4 Å². The highest BCUT2D eigenvalue weighted by molar-refractivity contribution is 7.80. The first-order valence-electron chi connectivity index (χ1n) is 2.32. The van der Waals surface area contributed by atoms with Gasteiger partial charge >= 0.3 is 10.4 Å². The Bertz CT molecular complexity index is 151. The average Bonchev–Trinajstić information content (AvgIpc) is 1.63. The summed E-state index contributed by atoms with van der Waals surface area (Å²) in [6.45, 7) is -0.0299. The fourth-order valence-corrected chi connectivity index (χ4v) is 0.565. The van der Waals surface area contributed by atoms with E-state index in [9.17, 15) is 8.42 Å². The van der Waals surface area contributed by atoms with Crippen molar-refractivity contribution in [3.05, 3.63) is 0 Å². The van der Waals surface area contributed by atoms with Crippen LogP contribution in [0.25, 0.3) is 0 Å². The Labute approximate surface area is 53.8 Å². The van der Waals surface area contributed by atoms with Crippen LogP contribution in [0.2, 0.25) is 0 Å². The minimum Gasteiger partial charge on any atom is -0.264 e. The quantitative estimate of drug-likeness (QED) is 0.436. The van der Waals surface area contributed by atoms with Crippen molar-refractivity contribution in [1.29, 1.82) is 0 Å². The highest BCUT2D eigenvalue weighted by atomic mass is 32.3. The van der Waals surface area contributed by atoms with Crippen LogP contribution in [-0.2, 0) is 14.6 Å². The zero-order valence-electron chi connectivity index (χ0n) is 4.70. The van der Waals surface area contributed by atoms with E-state index in [1.54, 1.807) is 0 Å². The van der Waals surface area contributed by atoms with Crippen LogP contribution in [0.3, 0.4) is 0 Å². The highest BCUT2D eigenvalue weighted by Crippen LogP contribution is 1.86. The van der Waals surface area contributed by atoms with E-state index in [1.165, 1.54) is 0 Å². The molecule has 0 atom stereocenters. The van der Waals surface area contributed by atoms with Gasteiger partial charge in [-0.3, -0.25) is 10.3 Å². The topological polar surface area (TPSA) is 87.4 Å². The monoisotopic (exact) mass is 154 g/mol. The van der Waals surface area contributed by atoms with Gasteiger partial charge in [0, 0.05) is 6.54 Å². The lowest BCUT2D eigenvalue weighted by Crippen LogP contribution is -2.06. The third kappa shape index (κ3) is 7.83. The van der Waals surface area contributed by atoms with E-state index in [-0.39, 0.29) is 13.2 Å². The van der Waals surface area contributed by atoms with Crippen molar-refractivity contribution in [2.75, 3.05) is 13.2 Å². The zero-order chi connectivity index (χ0) is 7.33. The van der Waals surface area contributed by atoms with E-state index in [4.69, 9.17) is 10.3 Å². The van der Waals surface area contributed by atoms with Gasteiger partial charge in [0.15, 0.2) is 0 Å². The molecule has 0 fully saturated rings. The second kappa shape index (κ2) is 3.78. The Hall–Kier alpha value is -0.170. The molecule has 0 aromatic carbocycles. The van der Waals surface area contributed by atoms with E-state index in [0.29, 0.717) is 6.42 Å². The summed E-state index contributed by atoms with van der Waals surface area (Å²) in [5.41, 5.74) is 6.55. The van der Waals surface area contributed by atoms with Gasteiger partial charge in [-0.25, -0.2) is 4.18 Å². The molecule has 0 aromatic rings. The van der Waals surface area contributed by atoms with Gasteiger partial charge in [0.05, 0.1) is 6.61 Å². The van der Waals surface area contributed by atoms with Crippen LogP contribution in [0.5, 0.6) is 0 Å². The molecule has 0 amide bonds. The van der Waals surface area contributed by atoms with Crippen molar-refractivity contribution in [3.63, 3.8) is 0 Å². The fraction of sp³-hybridized carbons (Fsp3) is 1.00. The Morgan fingerprint density at radius 3 is 2.44 bits per heavy atom. The maximum atomic E-state index is 9.78. The molecule has 0 saturated carbocycles. The molecule has 0 aliphatic carbocycles. The molecule has 0 unspecified atom stereocenters. The second-order valence-corrected chi connectivity index (χ2v) is 2.44. The molecule has 5 nitrogen and oxygen atoms in total. The molecule has 0 aliphatic heterocycles. The van der Waals surface area contributed by atoms with Crippen LogP contribution in [-0.4, -0.2) is 26.1 Å². The van der Waals surface area contributed by atoms with Gasteiger partial charge in [-0.15, -0.1) is 0 Å². The predicted molar refractivity (Wildman–Crippen MR) is 30.1 cm³/mol. The number of nitrogens with one attached hydrogen (secondary N) is 1. The van der Waals surface area contributed by atoms with Crippen LogP contribution >= 0.6 is 0 Å². The molecule has 9 heavy (non-hydrogen) atoms. The largest absolute Gasteiger partial charge is 0.397 e. The molecule has 0 spiro atoms. The summed E-state index contributed by atoms with van der Waals surface area (Å²) in [4.78, 5) is 0. The molecule has 6 heteroatoms. The van der Waals surface area contributed by atoms with Crippen molar-refractivity contribution in [1.82, 2.24) is 5.73 Å². The van der Waals surface area contributed by atoms with Crippen LogP contribution in [0.4, 0.5) is 0 Å². The van der Waals surface area contributed by atoms with Crippen molar-refractivity contribution in [2.24, 2.45) is 0 Å². The van der Waals surface area contributed by atoms with Gasteiger partial charge in [-0.2, -0.15) is 8.42 Å².